The van der Waals surface area contributed by atoms with Crippen molar-refractivity contribution in [2.24, 2.45) is 0 Å². The Bertz CT molecular complexity index is 528. The molecule has 0 aliphatic heterocycles. The molecule has 24 heavy (non-hydrogen) atoms. The van der Waals surface area contributed by atoms with E-state index in [9.17, 15) is 4.79 Å². The maximum absolute atomic E-state index is 10.9. The molecule has 0 aliphatic carbocycles. The normalized spacial score (nSPS) is 10.3. The molecule has 0 N–H and O–H groups in total. The topological polar surface area (TPSA) is 44.8 Å². The molecule has 1 aromatic carbocycles. The molecule has 0 spiro atoms. The van der Waals surface area contributed by atoms with Crippen LogP contribution in [-0.2, 0) is 16.0 Å². The number of carbonyl (C=O) groups is 1. The first-order valence-electron chi connectivity index (χ1n) is 8.56. The zero-order valence-electron chi connectivity index (χ0n) is 14.7. The first kappa shape index (κ1) is 20.3. The van der Waals surface area contributed by atoms with Crippen molar-refractivity contribution in [2.45, 2.75) is 46.0 Å². The quantitative estimate of drug-likeness (QED) is 0.252. The summed E-state index contributed by atoms with van der Waals surface area (Å²) in [5.74, 6) is 1.27. The van der Waals surface area contributed by atoms with Gasteiger partial charge in [0.05, 0.1) is 30.1 Å². The van der Waals surface area contributed by atoms with Gasteiger partial charge < -0.3 is 14.2 Å². The molecule has 0 saturated heterocycles. The lowest BCUT2D eigenvalue weighted by Crippen LogP contribution is -2.13. The van der Waals surface area contributed by atoms with Crippen LogP contribution in [0.2, 0.25) is 0 Å². The summed E-state index contributed by atoms with van der Waals surface area (Å²) < 4.78 is 16.5. The molecule has 0 heterocycles. The van der Waals surface area contributed by atoms with Crippen molar-refractivity contribution in [3.05, 3.63) is 30.4 Å². The van der Waals surface area contributed by atoms with Gasteiger partial charge in [-0.2, -0.15) is 0 Å². The highest BCUT2D eigenvalue weighted by atomic mass is 28.1. The maximum atomic E-state index is 10.9. The minimum absolute atomic E-state index is 0.352. The van der Waals surface area contributed by atoms with E-state index in [0.29, 0.717) is 19.8 Å². The Morgan fingerprint density at radius 2 is 1.75 bits per heavy atom. The lowest BCUT2D eigenvalue weighted by atomic mass is 10.0. The Balaban J connectivity index is 2.48. The minimum Gasteiger partial charge on any atom is -0.490 e. The summed E-state index contributed by atoms with van der Waals surface area (Å²) in [5, 5.41) is 0.910. The lowest BCUT2D eigenvalue weighted by Gasteiger charge is -2.17. The fourth-order valence-corrected chi connectivity index (χ4v) is 2.66. The molecular formula is C19H27O4Si. The van der Waals surface area contributed by atoms with Gasteiger partial charge in [0.25, 0.3) is 0 Å². The zero-order chi connectivity index (χ0) is 17.8. The summed E-state index contributed by atoms with van der Waals surface area (Å²) >= 11 is 0. The van der Waals surface area contributed by atoms with Gasteiger partial charge in [-0.05, 0) is 43.9 Å². The molecule has 5 heteroatoms. The van der Waals surface area contributed by atoms with E-state index in [2.05, 4.69) is 22.9 Å². The number of hydrogen-bond donors (Lipinski definition) is 0. The van der Waals surface area contributed by atoms with Crippen LogP contribution < -0.4 is 14.7 Å². The fourth-order valence-electron chi connectivity index (χ4n) is 2.39. The van der Waals surface area contributed by atoms with E-state index in [-0.39, 0.29) is 5.97 Å². The summed E-state index contributed by atoms with van der Waals surface area (Å²) in [6, 6.07) is 4.09. The van der Waals surface area contributed by atoms with Gasteiger partial charge in [0.15, 0.2) is 11.5 Å². The van der Waals surface area contributed by atoms with Crippen LogP contribution in [0.25, 0.3) is 0 Å². The number of ether oxygens (including phenoxy) is 3. The number of carbonyl (C=O) groups excluding carboxylic acids is 1. The molecule has 3 radical (unpaired) electrons. The molecule has 0 atom stereocenters. The number of benzene rings is 1. The third-order valence-corrected chi connectivity index (χ3v) is 3.92. The smallest absolute Gasteiger partial charge is 0.330 e. The van der Waals surface area contributed by atoms with Crippen LogP contribution in [0, 0.1) is 0 Å². The SMILES string of the molecule is C=CC(=O)OCCCCCCc1ccc([Si])c(OCC)c1OCC. The molecule has 0 bridgehead atoms. The molecular weight excluding hydrogens is 320 g/mol. The van der Waals surface area contributed by atoms with Crippen LogP contribution in [0.3, 0.4) is 0 Å². The predicted octanol–water partition coefficient (Wildman–Crippen LogP) is 3.11. The highest BCUT2D eigenvalue weighted by molar-refractivity contribution is 6.34. The van der Waals surface area contributed by atoms with Crippen LogP contribution in [0.1, 0.15) is 45.1 Å². The van der Waals surface area contributed by atoms with Crippen LogP contribution >= 0.6 is 0 Å². The van der Waals surface area contributed by atoms with Gasteiger partial charge in [0.2, 0.25) is 0 Å². The Kier molecular flexibility index (Phi) is 9.92. The van der Waals surface area contributed by atoms with Gasteiger partial charge in [-0.3, -0.25) is 0 Å². The van der Waals surface area contributed by atoms with Crippen molar-refractivity contribution in [1.29, 1.82) is 0 Å². The standard InChI is InChI=1S/C19H27O4Si/c1-4-17(20)23-14-10-8-7-9-11-15-12-13-16(24)19(22-6-3)18(15)21-5-2/h4,12-13H,1,5-11,14H2,2-3H3. The minimum atomic E-state index is -0.352. The third-order valence-electron chi connectivity index (χ3n) is 3.52. The van der Waals surface area contributed by atoms with Gasteiger partial charge in [0.1, 0.15) is 0 Å². The van der Waals surface area contributed by atoms with Gasteiger partial charge >= 0.3 is 5.97 Å². The van der Waals surface area contributed by atoms with E-state index >= 15 is 0 Å². The van der Waals surface area contributed by atoms with Gasteiger partial charge in [0, 0.05) is 6.08 Å². The van der Waals surface area contributed by atoms with Crippen LogP contribution in [0.15, 0.2) is 24.8 Å². The van der Waals surface area contributed by atoms with Gasteiger partial charge in [-0.15, -0.1) is 0 Å². The van der Waals surface area contributed by atoms with Crippen molar-refractivity contribution in [3.8, 4) is 11.5 Å². The van der Waals surface area contributed by atoms with Crippen molar-refractivity contribution in [1.82, 2.24) is 0 Å². The average Bonchev–Trinajstić information content (AvgIpc) is 2.58. The molecule has 4 nitrogen and oxygen atoms in total. The summed E-state index contributed by atoms with van der Waals surface area (Å²) in [6.07, 6.45) is 6.18. The van der Waals surface area contributed by atoms with Crippen molar-refractivity contribution < 1.29 is 19.0 Å². The highest BCUT2D eigenvalue weighted by Gasteiger charge is 2.13. The summed E-state index contributed by atoms with van der Waals surface area (Å²) in [7, 11) is 3.58. The second kappa shape index (κ2) is 11.7. The number of rotatable bonds is 12. The van der Waals surface area contributed by atoms with Gasteiger partial charge in [-0.25, -0.2) is 4.79 Å². The Labute approximate surface area is 148 Å². The van der Waals surface area contributed by atoms with E-state index in [1.54, 1.807) is 0 Å². The fraction of sp³-hybridized carbons (Fsp3) is 0.526. The molecule has 0 amide bonds. The molecule has 131 valence electrons. The van der Waals surface area contributed by atoms with E-state index in [1.807, 2.05) is 19.9 Å². The highest BCUT2D eigenvalue weighted by Crippen LogP contribution is 2.30. The van der Waals surface area contributed by atoms with E-state index < -0.39 is 0 Å². The van der Waals surface area contributed by atoms with Crippen molar-refractivity contribution in [3.63, 3.8) is 0 Å². The molecule has 0 fully saturated rings. The Morgan fingerprint density at radius 3 is 2.42 bits per heavy atom. The maximum Gasteiger partial charge on any atom is 0.330 e. The monoisotopic (exact) mass is 347 g/mol. The van der Waals surface area contributed by atoms with Crippen molar-refractivity contribution >= 4 is 21.4 Å². The van der Waals surface area contributed by atoms with E-state index in [0.717, 1.165) is 48.8 Å². The molecule has 1 aromatic rings. The molecule has 0 saturated carbocycles. The second-order valence-corrected chi connectivity index (χ2v) is 5.87. The zero-order valence-corrected chi connectivity index (χ0v) is 15.7. The molecule has 0 unspecified atom stereocenters. The first-order valence-corrected chi connectivity index (χ1v) is 9.06. The van der Waals surface area contributed by atoms with Crippen LogP contribution in [-0.4, -0.2) is 36.0 Å². The van der Waals surface area contributed by atoms with E-state index in [4.69, 9.17) is 14.2 Å². The van der Waals surface area contributed by atoms with Crippen LogP contribution in [0.4, 0.5) is 0 Å². The average molecular weight is 348 g/mol. The summed E-state index contributed by atoms with van der Waals surface area (Å²) in [6.45, 7) is 8.98. The van der Waals surface area contributed by atoms with Gasteiger partial charge in [-0.1, -0.05) is 31.6 Å². The molecule has 0 aromatic heterocycles. The largest absolute Gasteiger partial charge is 0.490 e. The summed E-state index contributed by atoms with van der Waals surface area (Å²) in [4.78, 5) is 10.9. The predicted molar refractivity (Wildman–Crippen MR) is 97.5 cm³/mol. The lowest BCUT2D eigenvalue weighted by molar-refractivity contribution is -0.137. The summed E-state index contributed by atoms with van der Waals surface area (Å²) in [5.41, 5.74) is 1.17. The van der Waals surface area contributed by atoms with Crippen LogP contribution in [0.5, 0.6) is 11.5 Å². The number of aryl methyl sites for hydroxylation is 1. The second-order valence-electron chi connectivity index (χ2n) is 5.33. The van der Waals surface area contributed by atoms with E-state index in [1.165, 1.54) is 11.6 Å². The number of unbranched alkanes of at least 4 members (excludes halogenated alkanes) is 3. The number of hydrogen-bond acceptors (Lipinski definition) is 4. The molecule has 1 rings (SSSR count). The van der Waals surface area contributed by atoms with Crippen molar-refractivity contribution in [2.75, 3.05) is 19.8 Å². The first-order chi connectivity index (χ1) is 11.6. The third kappa shape index (κ3) is 6.79. The number of esters is 1. The Morgan fingerprint density at radius 1 is 1.08 bits per heavy atom. The molecule has 0 aliphatic rings. The Hall–Kier alpha value is -1.75.